The van der Waals surface area contributed by atoms with Crippen molar-refractivity contribution in [2.45, 2.75) is 18.2 Å². The Hall–Kier alpha value is -4.30. The maximum Gasteiger partial charge on any atom is 0.237 e. The van der Waals surface area contributed by atoms with Crippen LogP contribution in [0.2, 0.25) is 0 Å². The largest absolute Gasteiger partial charge is 0.435 e. The molecule has 1 aliphatic rings. The summed E-state index contributed by atoms with van der Waals surface area (Å²) in [5.74, 6) is -6.30. The number of pyridine rings is 1. The fourth-order valence-corrected chi connectivity index (χ4v) is 5.72. The van der Waals surface area contributed by atoms with Gasteiger partial charge in [-0.1, -0.05) is 30.3 Å². The molecule has 0 saturated carbocycles. The van der Waals surface area contributed by atoms with Gasteiger partial charge in [0, 0.05) is 43.5 Å². The summed E-state index contributed by atoms with van der Waals surface area (Å²) in [5.41, 5.74) is -0.223. The maximum atomic E-state index is 15.1. The number of alkyl halides is 1. The minimum absolute atomic E-state index is 0.108. The second kappa shape index (κ2) is 12.7. The number of halogens is 4. The monoisotopic (exact) mass is 602 g/mol. The predicted molar refractivity (Wildman–Crippen MR) is 149 cm³/mol. The van der Waals surface area contributed by atoms with Crippen LogP contribution in [0.25, 0.3) is 11.3 Å². The number of aromatic nitrogens is 3. The van der Waals surface area contributed by atoms with E-state index in [9.17, 15) is 21.6 Å². The van der Waals surface area contributed by atoms with E-state index in [1.165, 1.54) is 24.5 Å². The van der Waals surface area contributed by atoms with Crippen molar-refractivity contribution < 1.29 is 30.7 Å². The normalized spacial score (nSPS) is 17.0. The zero-order valence-electron chi connectivity index (χ0n) is 22.0. The second-order valence-corrected chi connectivity index (χ2v) is 11.4. The Kier molecular flexibility index (Phi) is 8.83. The molecule has 3 heterocycles. The third kappa shape index (κ3) is 6.94. The number of benzene rings is 2. The van der Waals surface area contributed by atoms with Gasteiger partial charge in [-0.05, 0) is 30.2 Å². The molecule has 9 nitrogen and oxygen atoms in total. The number of nitrogens with zero attached hydrogens (tertiary/aromatic N) is 3. The lowest BCUT2D eigenvalue weighted by Crippen LogP contribution is -2.44. The molecule has 2 atom stereocenters. The molecule has 42 heavy (non-hydrogen) atoms. The van der Waals surface area contributed by atoms with Gasteiger partial charge in [-0.2, -0.15) is 4.39 Å². The van der Waals surface area contributed by atoms with E-state index in [1.54, 1.807) is 41.1 Å². The van der Waals surface area contributed by atoms with Crippen molar-refractivity contribution in [2.75, 3.05) is 29.8 Å². The minimum Gasteiger partial charge on any atom is -0.435 e. The maximum absolute atomic E-state index is 15.1. The number of nitrogens with one attached hydrogen (secondary N) is 3. The van der Waals surface area contributed by atoms with Crippen molar-refractivity contribution in [3.05, 3.63) is 90.0 Å². The number of rotatable bonds is 10. The molecule has 0 aliphatic carbocycles. The number of hydrogen-bond donors (Lipinski definition) is 3. The van der Waals surface area contributed by atoms with Crippen LogP contribution in [-0.4, -0.2) is 49.2 Å². The lowest BCUT2D eigenvalue weighted by molar-refractivity contribution is 0.282. The summed E-state index contributed by atoms with van der Waals surface area (Å²) < 4.78 is 90.3. The summed E-state index contributed by atoms with van der Waals surface area (Å²) in [6.07, 6.45) is 3.40. The smallest absolute Gasteiger partial charge is 0.237 e. The van der Waals surface area contributed by atoms with Gasteiger partial charge in [-0.25, -0.2) is 32.2 Å². The van der Waals surface area contributed by atoms with E-state index in [0.717, 1.165) is 0 Å². The van der Waals surface area contributed by atoms with Crippen molar-refractivity contribution >= 4 is 21.7 Å². The zero-order valence-corrected chi connectivity index (χ0v) is 22.8. The number of anilines is 2. The third-order valence-corrected chi connectivity index (χ3v) is 7.71. The van der Waals surface area contributed by atoms with E-state index in [4.69, 9.17) is 4.74 Å². The van der Waals surface area contributed by atoms with Crippen LogP contribution in [0.4, 0.5) is 29.2 Å². The SMILES string of the molecule is O=S(=O)(Cc1ccccc1)Nc1c(F)cc(Oc2ncccc2-c2ccnc(N[C@@H]3CNCC(CF)C3)n2)c(F)c1F. The minimum atomic E-state index is -4.28. The molecule has 2 aromatic heterocycles. The molecule has 3 N–H and O–H groups in total. The average Bonchev–Trinajstić information content (AvgIpc) is 2.99. The summed E-state index contributed by atoms with van der Waals surface area (Å²) in [6, 6.07) is 13.1. The molecule has 220 valence electrons. The summed E-state index contributed by atoms with van der Waals surface area (Å²) >= 11 is 0. The van der Waals surface area contributed by atoms with Gasteiger partial charge in [0.05, 0.1) is 23.7 Å². The number of ether oxygens (including phenoxy) is 1. The number of piperidine rings is 1. The molecule has 5 rings (SSSR count). The summed E-state index contributed by atoms with van der Waals surface area (Å²) in [7, 11) is -4.28. The molecule has 0 radical (unpaired) electrons. The van der Waals surface area contributed by atoms with Crippen LogP contribution < -0.4 is 20.1 Å². The van der Waals surface area contributed by atoms with Gasteiger partial charge in [-0.3, -0.25) is 9.11 Å². The molecule has 4 aromatic rings. The van der Waals surface area contributed by atoms with Crippen LogP contribution >= 0.6 is 0 Å². The van der Waals surface area contributed by atoms with Gasteiger partial charge < -0.3 is 15.4 Å². The first-order valence-electron chi connectivity index (χ1n) is 12.9. The first-order chi connectivity index (χ1) is 20.2. The van der Waals surface area contributed by atoms with Crippen LogP contribution in [0.15, 0.2) is 67.0 Å². The Balaban J connectivity index is 1.37. The molecular formula is C28H26F4N6O3S. The van der Waals surface area contributed by atoms with Crippen molar-refractivity contribution in [1.29, 1.82) is 0 Å². The summed E-state index contributed by atoms with van der Waals surface area (Å²) in [6.45, 7) is 0.741. The van der Waals surface area contributed by atoms with Crippen LogP contribution in [0, 0.1) is 23.4 Å². The van der Waals surface area contributed by atoms with E-state index >= 15 is 4.39 Å². The predicted octanol–water partition coefficient (Wildman–Crippen LogP) is 5.05. The van der Waals surface area contributed by atoms with Gasteiger partial charge in [0.2, 0.25) is 27.7 Å². The van der Waals surface area contributed by atoms with E-state index in [2.05, 4.69) is 25.6 Å². The highest BCUT2D eigenvalue weighted by Gasteiger charge is 2.26. The molecule has 1 unspecified atom stereocenters. The first-order valence-corrected chi connectivity index (χ1v) is 14.6. The van der Waals surface area contributed by atoms with Gasteiger partial charge in [-0.15, -0.1) is 0 Å². The topological polar surface area (TPSA) is 118 Å². The number of sulfonamides is 1. The Morgan fingerprint density at radius 2 is 1.79 bits per heavy atom. The fourth-order valence-electron chi connectivity index (χ4n) is 4.52. The highest BCUT2D eigenvalue weighted by Crippen LogP contribution is 2.36. The molecule has 2 aromatic carbocycles. The van der Waals surface area contributed by atoms with E-state index in [0.29, 0.717) is 36.8 Å². The Labute approximate surface area is 239 Å². The first kappa shape index (κ1) is 29.2. The Bertz CT molecular complexity index is 1660. The molecule has 14 heteroatoms. The van der Waals surface area contributed by atoms with Gasteiger partial charge in [0.15, 0.2) is 17.4 Å². The average molecular weight is 603 g/mol. The van der Waals surface area contributed by atoms with Crippen molar-refractivity contribution in [1.82, 2.24) is 20.3 Å². The van der Waals surface area contributed by atoms with E-state index in [1.807, 2.05) is 0 Å². The Morgan fingerprint density at radius 3 is 2.57 bits per heavy atom. The van der Waals surface area contributed by atoms with Gasteiger partial charge >= 0.3 is 0 Å². The molecule has 1 fully saturated rings. The lowest BCUT2D eigenvalue weighted by atomic mass is 9.97. The molecule has 1 saturated heterocycles. The van der Waals surface area contributed by atoms with Crippen LogP contribution in [0.3, 0.4) is 0 Å². The molecule has 0 spiro atoms. The van der Waals surface area contributed by atoms with Crippen LogP contribution in [0.5, 0.6) is 11.6 Å². The van der Waals surface area contributed by atoms with Crippen molar-refractivity contribution in [3.8, 4) is 22.9 Å². The highest BCUT2D eigenvalue weighted by atomic mass is 32.2. The zero-order chi connectivity index (χ0) is 29.7. The summed E-state index contributed by atoms with van der Waals surface area (Å²) in [4.78, 5) is 12.7. The quantitative estimate of drug-likeness (QED) is 0.171. The van der Waals surface area contributed by atoms with Crippen LogP contribution in [0.1, 0.15) is 12.0 Å². The second-order valence-electron chi connectivity index (χ2n) is 9.69. The fraction of sp³-hybridized carbons (Fsp3) is 0.250. The molecule has 0 amide bonds. The lowest BCUT2D eigenvalue weighted by Gasteiger charge is -2.29. The third-order valence-electron chi connectivity index (χ3n) is 6.48. The molecule has 1 aliphatic heterocycles. The van der Waals surface area contributed by atoms with E-state index < -0.39 is 51.3 Å². The van der Waals surface area contributed by atoms with Gasteiger partial charge in [0.1, 0.15) is 5.69 Å². The standard InChI is InChI=1S/C28H26F4N6O3S/c29-13-18-11-19(15-33-14-18)36-28-35-10-8-22(37-28)20-7-4-9-34-27(20)41-23-12-21(30)26(25(32)24(23)31)38-42(39,40)16-17-5-2-1-3-6-17/h1-10,12,18-19,33,38H,11,13-16H2,(H,35,36,37)/t18?,19-/m0/s1. The highest BCUT2D eigenvalue weighted by molar-refractivity contribution is 7.91. The molecular weight excluding hydrogens is 576 g/mol. The van der Waals surface area contributed by atoms with Crippen molar-refractivity contribution in [3.63, 3.8) is 0 Å². The summed E-state index contributed by atoms with van der Waals surface area (Å²) in [5, 5.41) is 6.32. The Morgan fingerprint density at radius 1 is 0.976 bits per heavy atom. The van der Waals surface area contributed by atoms with Gasteiger partial charge in [0.25, 0.3) is 0 Å². The van der Waals surface area contributed by atoms with Crippen molar-refractivity contribution in [2.24, 2.45) is 5.92 Å². The number of hydrogen-bond acceptors (Lipinski definition) is 8. The van der Waals surface area contributed by atoms with E-state index in [-0.39, 0.29) is 29.4 Å². The molecule has 0 bridgehead atoms. The van der Waals surface area contributed by atoms with Crippen LogP contribution in [-0.2, 0) is 15.8 Å².